The summed E-state index contributed by atoms with van der Waals surface area (Å²) in [7, 11) is 1.52. The molecule has 0 spiro atoms. The van der Waals surface area contributed by atoms with E-state index in [4.69, 9.17) is 17.3 Å². The fraction of sp³-hybridized carbons (Fsp3) is 0.0769. The van der Waals surface area contributed by atoms with Gasteiger partial charge >= 0.3 is 0 Å². The van der Waals surface area contributed by atoms with Gasteiger partial charge in [-0.2, -0.15) is 0 Å². The van der Waals surface area contributed by atoms with Crippen molar-refractivity contribution in [3.63, 3.8) is 0 Å². The van der Waals surface area contributed by atoms with Crippen LogP contribution in [0.1, 0.15) is 10.4 Å². The molecule has 2 aromatic rings. The summed E-state index contributed by atoms with van der Waals surface area (Å²) in [6.07, 6.45) is 1.36. The van der Waals surface area contributed by atoms with Crippen LogP contribution in [0.25, 0.3) is 0 Å². The van der Waals surface area contributed by atoms with Crippen molar-refractivity contribution in [2.45, 2.75) is 0 Å². The van der Waals surface area contributed by atoms with Crippen molar-refractivity contribution in [3.05, 3.63) is 53.1 Å². The van der Waals surface area contributed by atoms with Gasteiger partial charge in [0.05, 0.1) is 17.4 Å². The van der Waals surface area contributed by atoms with Crippen LogP contribution in [0.4, 0.5) is 15.8 Å². The molecule has 1 heterocycles. The Morgan fingerprint density at radius 2 is 2.16 bits per heavy atom. The fourth-order valence-corrected chi connectivity index (χ4v) is 1.78. The molecule has 1 aromatic heterocycles. The number of hydrogen-bond acceptors (Lipinski definition) is 3. The number of halogens is 2. The smallest absolute Gasteiger partial charge is 0.261 e. The molecule has 1 amide bonds. The number of nitrogen functional groups attached to an aromatic ring is 1. The minimum atomic E-state index is -0.422. The molecule has 2 N–H and O–H groups in total. The lowest BCUT2D eigenvalue weighted by Crippen LogP contribution is -2.26. The maximum atomic E-state index is 13.1. The quantitative estimate of drug-likeness (QED) is 0.860. The third-order valence-electron chi connectivity index (χ3n) is 2.59. The van der Waals surface area contributed by atoms with E-state index in [2.05, 4.69) is 4.98 Å². The van der Waals surface area contributed by atoms with Crippen molar-refractivity contribution < 1.29 is 9.18 Å². The van der Waals surface area contributed by atoms with E-state index in [0.29, 0.717) is 11.4 Å². The molecule has 6 heteroatoms. The first kappa shape index (κ1) is 13.3. The molecule has 0 saturated carbocycles. The average molecular weight is 280 g/mol. The first-order chi connectivity index (χ1) is 8.99. The Morgan fingerprint density at radius 3 is 2.84 bits per heavy atom. The second-order valence-corrected chi connectivity index (χ2v) is 4.31. The number of hydrogen-bond donors (Lipinski definition) is 1. The van der Waals surface area contributed by atoms with Gasteiger partial charge < -0.3 is 10.6 Å². The second-order valence-electron chi connectivity index (χ2n) is 3.95. The molecular formula is C13H11ClFN3O. The molecule has 1 aromatic carbocycles. The van der Waals surface area contributed by atoms with Crippen LogP contribution in [0.3, 0.4) is 0 Å². The van der Waals surface area contributed by atoms with Crippen molar-refractivity contribution in [2.75, 3.05) is 17.7 Å². The minimum absolute atomic E-state index is 0.0578. The molecule has 2 rings (SSSR count). The van der Waals surface area contributed by atoms with E-state index < -0.39 is 11.7 Å². The molecule has 19 heavy (non-hydrogen) atoms. The van der Waals surface area contributed by atoms with Gasteiger partial charge in [-0.3, -0.25) is 4.79 Å². The van der Waals surface area contributed by atoms with Crippen molar-refractivity contribution in [3.8, 4) is 0 Å². The van der Waals surface area contributed by atoms with Crippen molar-refractivity contribution in [1.82, 2.24) is 4.98 Å². The van der Waals surface area contributed by atoms with Crippen LogP contribution in [-0.2, 0) is 0 Å². The summed E-state index contributed by atoms with van der Waals surface area (Å²) in [5.41, 5.74) is 6.50. The number of nitrogens with zero attached hydrogens (tertiary/aromatic N) is 2. The maximum absolute atomic E-state index is 13.1. The van der Waals surface area contributed by atoms with Gasteiger partial charge in [0.2, 0.25) is 0 Å². The summed E-state index contributed by atoms with van der Waals surface area (Å²) in [5, 5.41) is 0.0578. The molecule has 0 atom stereocenters. The van der Waals surface area contributed by atoms with Crippen LogP contribution in [0.5, 0.6) is 0 Å². The first-order valence-electron chi connectivity index (χ1n) is 5.43. The third-order valence-corrected chi connectivity index (χ3v) is 2.89. The molecule has 0 fully saturated rings. The molecule has 0 aliphatic carbocycles. The van der Waals surface area contributed by atoms with Gasteiger partial charge in [-0.15, -0.1) is 0 Å². The highest BCUT2D eigenvalue weighted by Crippen LogP contribution is 2.21. The van der Waals surface area contributed by atoms with Gasteiger partial charge in [0.1, 0.15) is 11.0 Å². The molecule has 4 nitrogen and oxygen atoms in total. The number of benzene rings is 1. The van der Waals surface area contributed by atoms with E-state index in [1.807, 2.05) is 0 Å². The predicted molar refractivity (Wildman–Crippen MR) is 72.8 cm³/mol. The van der Waals surface area contributed by atoms with Crippen molar-refractivity contribution in [1.29, 1.82) is 0 Å². The lowest BCUT2D eigenvalue weighted by Gasteiger charge is -2.18. The van der Waals surface area contributed by atoms with Gasteiger partial charge in [-0.05, 0) is 24.3 Å². The lowest BCUT2D eigenvalue weighted by atomic mass is 10.2. The average Bonchev–Trinajstić information content (AvgIpc) is 2.40. The number of aromatic nitrogens is 1. The van der Waals surface area contributed by atoms with E-state index in [-0.39, 0.29) is 10.7 Å². The molecule has 0 bridgehead atoms. The standard InChI is InChI=1S/C13H11ClFN3O/c1-18(10-4-2-3-8(15)5-10)13(19)11-6-9(16)7-17-12(11)14/h2-7H,16H2,1H3. The highest BCUT2D eigenvalue weighted by molar-refractivity contribution is 6.33. The zero-order valence-electron chi connectivity index (χ0n) is 10.1. The lowest BCUT2D eigenvalue weighted by molar-refractivity contribution is 0.0993. The normalized spacial score (nSPS) is 10.3. The van der Waals surface area contributed by atoms with E-state index in [1.165, 1.54) is 42.4 Å². The Hall–Kier alpha value is -2.14. The van der Waals surface area contributed by atoms with Crippen LogP contribution < -0.4 is 10.6 Å². The number of rotatable bonds is 2. The monoisotopic (exact) mass is 279 g/mol. The number of nitrogens with two attached hydrogens (primary N) is 1. The van der Waals surface area contributed by atoms with Crippen LogP contribution in [0.2, 0.25) is 5.15 Å². The predicted octanol–water partition coefficient (Wildman–Crippen LogP) is 2.73. The number of carbonyl (C=O) groups is 1. The summed E-state index contributed by atoms with van der Waals surface area (Å²) < 4.78 is 13.1. The first-order valence-corrected chi connectivity index (χ1v) is 5.81. The Balaban J connectivity index is 2.36. The molecule has 0 unspecified atom stereocenters. The van der Waals surface area contributed by atoms with Crippen molar-refractivity contribution in [2.24, 2.45) is 0 Å². The van der Waals surface area contributed by atoms with Gasteiger partial charge in [0.25, 0.3) is 5.91 Å². The Bertz CT molecular complexity index is 633. The summed E-state index contributed by atoms with van der Waals surface area (Å²) in [6, 6.07) is 7.14. The number of pyridine rings is 1. The topological polar surface area (TPSA) is 59.2 Å². The SMILES string of the molecule is CN(C(=O)c1cc(N)cnc1Cl)c1cccc(F)c1. The van der Waals surface area contributed by atoms with Crippen molar-refractivity contribution >= 4 is 28.9 Å². The molecule has 98 valence electrons. The zero-order valence-corrected chi connectivity index (χ0v) is 10.9. The molecule has 0 aliphatic rings. The van der Waals surface area contributed by atoms with Gasteiger partial charge in [-0.25, -0.2) is 9.37 Å². The van der Waals surface area contributed by atoms with E-state index >= 15 is 0 Å². The molecular weight excluding hydrogens is 269 g/mol. The Morgan fingerprint density at radius 1 is 1.42 bits per heavy atom. The minimum Gasteiger partial charge on any atom is -0.397 e. The van der Waals surface area contributed by atoms with Gasteiger partial charge in [0.15, 0.2) is 0 Å². The van der Waals surface area contributed by atoms with Gasteiger partial charge in [-0.1, -0.05) is 17.7 Å². The second kappa shape index (κ2) is 5.24. The number of amides is 1. The zero-order chi connectivity index (χ0) is 14.0. The van der Waals surface area contributed by atoms with Crippen LogP contribution in [0, 0.1) is 5.82 Å². The largest absolute Gasteiger partial charge is 0.397 e. The summed E-state index contributed by atoms with van der Waals surface area (Å²) >= 11 is 5.87. The Labute approximate surface area is 114 Å². The Kier molecular flexibility index (Phi) is 3.66. The fourth-order valence-electron chi connectivity index (χ4n) is 1.60. The molecule has 0 radical (unpaired) electrons. The summed E-state index contributed by atoms with van der Waals surface area (Å²) in [5.74, 6) is -0.829. The van der Waals surface area contributed by atoms with Crippen LogP contribution >= 0.6 is 11.6 Å². The van der Waals surface area contributed by atoms with Crippen LogP contribution in [0.15, 0.2) is 36.5 Å². The highest BCUT2D eigenvalue weighted by Gasteiger charge is 2.18. The summed E-state index contributed by atoms with van der Waals surface area (Å²) in [6.45, 7) is 0. The highest BCUT2D eigenvalue weighted by atomic mass is 35.5. The van der Waals surface area contributed by atoms with E-state index in [9.17, 15) is 9.18 Å². The molecule has 0 aliphatic heterocycles. The molecule has 0 saturated heterocycles. The maximum Gasteiger partial charge on any atom is 0.261 e. The summed E-state index contributed by atoms with van der Waals surface area (Å²) in [4.78, 5) is 17.3. The van der Waals surface area contributed by atoms with E-state index in [0.717, 1.165) is 0 Å². The third kappa shape index (κ3) is 2.82. The van der Waals surface area contributed by atoms with Crippen LogP contribution in [-0.4, -0.2) is 17.9 Å². The number of carbonyl (C=O) groups excluding carboxylic acids is 1. The van der Waals surface area contributed by atoms with E-state index in [1.54, 1.807) is 6.07 Å². The van der Waals surface area contributed by atoms with Gasteiger partial charge in [0, 0.05) is 12.7 Å². The number of anilines is 2.